The summed E-state index contributed by atoms with van der Waals surface area (Å²) in [4.78, 5) is 14.7. The molecule has 5 heteroatoms. The zero-order valence-electron chi connectivity index (χ0n) is 20.9. The predicted molar refractivity (Wildman–Crippen MR) is 137 cm³/mol. The number of likely N-dealkylation sites (tertiary alicyclic amines) is 1. The van der Waals surface area contributed by atoms with Crippen molar-refractivity contribution in [3.05, 3.63) is 64.7 Å². The number of halogens is 1. The van der Waals surface area contributed by atoms with Crippen molar-refractivity contribution in [2.75, 3.05) is 26.3 Å². The van der Waals surface area contributed by atoms with Crippen LogP contribution in [0.25, 0.3) is 0 Å². The normalized spacial score (nSPS) is 27.6. The number of benzene rings is 2. The Morgan fingerprint density at radius 1 is 1.06 bits per heavy atom. The molecule has 2 heterocycles. The zero-order chi connectivity index (χ0) is 24.2. The Morgan fingerprint density at radius 2 is 1.76 bits per heavy atom. The number of carbonyl (C=O) groups is 1. The number of carbonyl (C=O) groups excluding carboxylic acids is 1. The van der Waals surface area contributed by atoms with Gasteiger partial charge in [0.25, 0.3) is 5.91 Å². The molecule has 0 aromatic heterocycles. The molecule has 0 radical (unpaired) electrons. The topological polar surface area (TPSA) is 38.8 Å². The molecule has 184 valence electrons. The van der Waals surface area contributed by atoms with Crippen molar-refractivity contribution in [1.82, 2.24) is 4.90 Å². The first-order chi connectivity index (χ1) is 16.3. The third kappa shape index (κ3) is 6.14. The average molecular weight is 484 g/mol. The smallest absolute Gasteiger partial charge is 0.260 e. The van der Waals surface area contributed by atoms with Crippen molar-refractivity contribution in [3.8, 4) is 5.75 Å². The van der Waals surface area contributed by atoms with E-state index in [0.717, 1.165) is 35.8 Å². The van der Waals surface area contributed by atoms with Crippen LogP contribution in [0, 0.1) is 23.7 Å². The van der Waals surface area contributed by atoms with Crippen LogP contribution in [-0.2, 0) is 9.53 Å². The van der Waals surface area contributed by atoms with Gasteiger partial charge in [-0.05, 0) is 71.9 Å². The molecule has 0 N–H and O–H groups in total. The summed E-state index contributed by atoms with van der Waals surface area (Å²) >= 11 is 6.08. The van der Waals surface area contributed by atoms with Gasteiger partial charge in [-0.25, -0.2) is 0 Å². The van der Waals surface area contributed by atoms with E-state index < -0.39 is 0 Å². The fourth-order valence-electron chi connectivity index (χ4n) is 5.68. The molecule has 2 fully saturated rings. The minimum Gasteiger partial charge on any atom is -0.484 e. The van der Waals surface area contributed by atoms with Crippen LogP contribution in [0.5, 0.6) is 5.75 Å². The SMILES string of the molecule is CC(C)[C@@H]1C[C@H](c2ccc(Cl)cc2)CO[C@H]1c1cccc(OCC(=O)N2C[C@@H](C)C[C@H](C)C2)c1. The van der Waals surface area contributed by atoms with E-state index in [0.29, 0.717) is 36.2 Å². The van der Waals surface area contributed by atoms with E-state index >= 15 is 0 Å². The molecule has 2 aliphatic rings. The van der Waals surface area contributed by atoms with E-state index in [9.17, 15) is 4.79 Å². The number of ether oxygens (including phenoxy) is 2. The second-order valence-corrected chi connectivity index (χ2v) is 11.2. The number of rotatable bonds is 6. The molecule has 2 aromatic rings. The molecule has 4 rings (SSSR count). The van der Waals surface area contributed by atoms with E-state index in [2.05, 4.69) is 52.0 Å². The van der Waals surface area contributed by atoms with Gasteiger partial charge >= 0.3 is 0 Å². The van der Waals surface area contributed by atoms with Crippen LogP contribution < -0.4 is 4.74 Å². The lowest BCUT2D eigenvalue weighted by atomic mass is 9.76. The standard InChI is InChI=1S/C29H38ClNO3/c1-19(2)27-14-24(22-8-10-25(30)11-9-22)17-34-29(27)23-6-5-7-26(13-23)33-18-28(32)31-15-20(3)12-21(4)16-31/h5-11,13,19-21,24,27,29H,12,14-18H2,1-4H3/t20-,21-,24-,27-,29-/m0/s1. The maximum atomic E-state index is 12.8. The minimum atomic E-state index is 0.0200. The molecular weight excluding hydrogens is 446 g/mol. The molecule has 0 aliphatic carbocycles. The Bertz CT molecular complexity index is 950. The summed E-state index contributed by atoms with van der Waals surface area (Å²) < 4.78 is 12.4. The summed E-state index contributed by atoms with van der Waals surface area (Å²) in [7, 11) is 0. The highest BCUT2D eigenvalue weighted by Gasteiger charge is 2.35. The molecule has 2 aromatic carbocycles. The van der Waals surface area contributed by atoms with Gasteiger partial charge in [0.1, 0.15) is 5.75 Å². The number of nitrogens with zero attached hydrogens (tertiary/aromatic N) is 1. The summed E-state index contributed by atoms with van der Waals surface area (Å²) in [6.45, 7) is 11.4. The molecule has 0 unspecified atom stereocenters. The lowest BCUT2D eigenvalue weighted by Crippen LogP contribution is -2.44. The lowest BCUT2D eigenvalue weighted by Gasteiger charge is -2.39. The van der Waals surface area contributed by atoms with Crippen LogP contribution in [0.4, 0.5) is 0 Å². The lowest BCUT2D eigenvalue weighted by molar-refractivity contribution is -0.136. The highest BCUT2D eigenvalue weighted by molar-refractivity contribution is 6.30. The largest absolute Gasteiger partial charge is 0.484 e. The van der Waals surface area contributed by atoms with Crippen LogP contribution in [0.2, 0.25) is 5.02 Å². The van der Waals surface area contributed by atoms with Crippen LogP contribution in [0.1, 0.15) is 63.7 Å². The second kappa shape index (κ2) is 11.1. The Labute approximate surface area is 209 Å². The van der Waals surface area contributed by atoms with E-state index in [1.807, 2.05) is 29.2 Å². The molecule has 1 amide bonds. The first kappa shape index (κ1) is 25.1. The quantitative estimate of drug-likeness (QED) is 0.456. The molecule has 2 saturated heterocycles. The van der Waals surface area contributed by atoms with Gasteiger partial charge in [-0.2, -0.15) is 0 Å². The summed E-state index contributed by atoms with van der Waals surface area (Å²) in [6, 6.07) is 16.3. The maximum Gasteiger partial charge on any atom is 0.260 e. The predicted octanol–water partition coefficient (Wildman–Crippen LogP) is 6.74. The van der Waals surface area contributed by atoms with Gasteiger partial charge < -0.3 is 14.4 Å². The maximum absolute atomic E-state index is 12.8. The molecule has 34 heavy (non-hydrogen) atoms. The Kier molecular flexibility index (Phi) is 8.21. The van der Waals surface area contributed by atoms with Crippen molar-refractivity contribution >= 4 is 17.5 Å². The van der Waals surface area contributed by atoms with E-state index in [1.54, 1.807) is 0 Å². The Balaban J connectivity index is 1.41. The number of amides is 1. The van der Waals surface area contributed by atoms with Crippen molar-refractivity contribution < 1.29 is 14.3 Å². The molecule has 2 aliphatic heterocycles. The molecular formula is C29H38ClNO3. The van der Waals surface area contributed by atoms with E-state index in [-0.39, 0.29) is 18.6 Å². The van der Waals surface area contributed by atoms with Gasteiger partial charge in [0, 0.05) is 24.0 Å². The molecule has 0 saturated carbocycles. The molecule has 4 nitrogen and oxygen atoms in total. The molecule has 0 spiro atoms. The van der Waals surface area contributed by atoms with E-state index in [1.165, 1.54) is 12.0 Å². The van der Waals surface area contributed by atoms with Crippen molar-refractivity contribution in [2.24, 2.45) is 23.7 Å². The summed E-state index contributed by atoms with van der Waals surface area (Å²) in [5.41, 5.74) is 2.41. The van der Waals surface area contributed by atoms with Crippen molar-refractivity contribution in [3.63, 3.8) is 0 Å². The van der Waals surface area contributed by atoms with Crippen LogP contribution >= 0.6 is 11.6 Å². The fourth-order valence-corrected chi connectivity index (χ4v) is 5.81. The van der Waals surface area contributed by atoms with Gasteiger partial charge in [0.05, 0.1) is 12.7 Å². The monoisotopic (exact) mass is 483 g/mol. The van der Waals surface area contributed by atoms with Gasteiger partial charge in [0.2, 0.25) is 0 Å². The van der Waals surface area contributed by atoms with Gasteiger partial charge in [-0.1, -0.05) is 63.6 Å². The van der Waals surface area contributed by atoms with Crippen molar-refractivity contribution in [1.29, 1.82) is 0 Å². The van der Waals surface area contributed by atoms with Crippen molar-refractivity contribution in [2.45, 2.75) is 52.6 Å². The van der Waals surface area contributed by atoms with Gasteiger partial charge in [0.15, 0.2) is 6.61 Å². The first-order valence-corrected chi connectivity index (χ1v) is 13.1. The van der Waals surface area contributed by atoms with Crippen LogP contribution in [-0.4, -0.2) is 37.1 Å². The third-order valence-corrected chi connectivity index (χ3v) is 7.64. The highest BCUT2D eigenvalue weighted by Crippen LogP contribution is 2.44. The number of hydrogen-bond acceptors (Lipinski definition) is 3. The summed E-state index contributed by atoms with van der Waals surface area (Å²) in [5.74, 6) is 3.14. The Morgan fingerprint density at radius 3 is 2.44 bits per heavy atom. The molecule has 5 atom stereocenters. The highest BCUT2D eigenvalue weighted by atomic mass is 35.5. The second-order valence-electron chi connectivity index (χ2n) is 10.8. The molecule has 0 bridgehead atoms. The third-order valence-electron chi connectivity index (χ3n) is 7.39. The average Bonchev–Trinajstić information content (AvgIpc) is 2.82. The Hall–Kier alpha value is -2.04. The fraction of sp³-hybridized carbons (Fsp3) is 0.552. The minimum absolute atomic E-state index is 0.0200. The summed E-state index contributed by atoms with van der Waals surface area (Å²) in [5, 5.41) is 0.762. The zero-order valence-corrected chi connectivity index (χ0v) is 21.6. The first-order valence-electron chi connectivity index (χ1n) is 12.7. The van der Waals surface area contributed by atoms with Crippen LogP contribution in [0.3, 0.4) is 0 Å². The van der Waals surface area contributed by atoms with E-state index in [4.69, 9.17) is 21.1 Å². The number of piperidine rings is 1. The van der Waals surface area contributed by atoms with Gasteiger partial charge in [-0.3, -0.25) is 4.79 Å². The van der Waals surface area contributed by atoms with Crippen LogP contribution in [0.15, 0.2) is 48.5 Å². The number of hydrogen-bond donors (Lipinski definition) is 0. The summed E-state index contributed by atoms with van der Waals surface area (Å²) in [6.07, 6.45) is 2.27. The van der Waals surface area contributed by atoms with Gasteiger partial charge in [-0.15, -0.1) is 0 Å².